The smallest absolute Gasteiger partial charge is 0.280 e. The lowest BCUT2D eigenvalue weighted by Crippen LogP contribution is -2.46. The number of piperidine rings is 1. The first-order chi connectivity index (χ1) is 17.1. The summed E-state index contributed by atoms with van der Waals surface area (Å²) < 4.78 is 65.3. The van der Waals surface area contributed by atoms with Crippen molar-refractivity contribution in [2.75, 3.05) is 29.9 Å². The fourth-order valence-corrected chi connectivity index (χ4v) is 4.74. The van der Waals surface area contributed by atoms with Crippen LogP contribution in [0.5, 0.6) is 5.75 Å². The van der Waals surface area contributed by atoms with Crippen molar-refractivity contribution in [3.8, 4) is 5.75 Å². The second kappa shape index (κ2) is 10.3. The molecule has 0 spiro atoms. The van der Waals surface area contributed by atoms with Gasteiger partial charge in [0.15, 0.2) is 11.6 Å². The Kier molecular flexibility index (Phi) is 7.35. The maximum atomic E-state index is 15.5. The number of alkyl halides is 2. The molecule has 1 amide bonds. The van der Waals surface area contributed by atoms with E-state index < -0.39 is 46.6 Å². The number of benzene rings is 1. The van der Waals surface area contributed by atoms with E-state index in [4.69, 9.17) is 10.5 Å². The van der Waals surface area contributed by atoms with E-state index in [1.807, 2.05) is 4.90 Å². The number of allylic oxidation sites excluding steroid dienone is 2. The molecule has 3 N–H and O–H groups in total. The van der Waals surface area contributed by atoms with Crippen molar-refractivity contribution in [2.45, 2.75) is 38.7 Å². The highest BCUT2D eigenvalue weighted by Gasteiger charge is 2.43. The van der Waals surface area contributed by atoms with Crippen molar-refractivity contribution in [3.63, 3.8) is 0 Å². The topological polar surface area (TPSA) is 80.5 Å². The maximum absolute atomic E-state index is 15.5. The lowest BCUT2D eigenvalue weighted by atomic mass is 9.88. The number of hydrogen-bond donors (Lipinski definition) is 2. The van der Waals surface area contributed by atoms with Crippen molar-refractivity contribution >= 4 is 22.9 Å². The Morgan fingerprint density at radius 2 is 2.06 bits per heavy atom. The second-order valence-corrected chi connectivity index (χ2v) is 9.12. The van der Waals surface area contributed by atoms with E-state index in [-0.39, 0.29) is 18.4 Å². The molecule has 0 radical (unpaired) electrons. The van der Waals surface area contributed by atoms with Gasteiger partial charge in [-0.05, 0) is 31.4 Å². The lowest BCUT2D eigenvalue weighted by molar-refractivity contribution is -0.112. The Labute approximate surface area is 206 Å². The minimum Gasteiger partial charge on any atom is -0.491 e. The number of pyridine rings is 1. The van der Waals surface area contributed by atoms with Crippen molar-refractivity contribution in [1.29, 1.82) is 0 Å². The third-order valence-corrected chi connectivity index (χ3v) is 6.24. The molecular formula is C26H28F4N4O2. The molecule has 1 saturated heterocycles. The number of nitrogens with two attached hydrogens (primary N) is 1. The van der Waals surface area contributed by atoms with Gasteiger partial charge in [0.05, 0.1) is 35.3 Å². The van der Waals surface area contributed by atoms with Gasteiger partial charge in [0.2, 0.25) is 0 Å². The van der Waals surface area contributed by atoms with Crippen LogP contribution in [-0.4, -0.2) is 42.6 Å². The number of carbonyl (C=O) groups is 1. The van der Waals surface area contributed by atoms with Gasteiger partial charge in [-0.25, -0.2) is 17.6 Å². The SMILES string of the molecule is CCOc1cccc(C2=C(F)C(C(=O)Nc3cnccc3N3C[C@H](C)C[C@H](N)C3)=CCC2(F)F)c1F. The van der Waals surface area contributed by atoms with Crippen molar-refractivity contribution in [2.24, 2.45) is 11.7 Å². The first-order valence-electron chi connectivity index (χ1n) is 11.8. The molecule has 1 aliphatic carbocycles. The number of rotatable bonds is 6. The molecule has 0 bridgehead atoms. The average molecular weight is 505 g/mol. The minimum absolute atomic E-state index is 0.0564. The van der Waals surface area contributed by atoms with Crippen LogP contribution in [0.15, 0.2) is 54.1 Å². The summed E-state index contributed by atoms with van der Waals surface area (Å²) >= 11 is 0. The van der Waals surface area contributed by atoms with E-state index in [1.54, 1.807) is 19.2 Å². The van der Waals surface area contributed by atoms with Gasteiger partial charge in [-0.15, -0.1) is 0 Å². The first-order valence-corrected chi connectivity index (χ1v) is 11.8. The highest BCUT2D eigenvalue weighted by molar-refractivity contribution is 6.10. The van der Waals surface area contributed by atoms with Crippen LogP contribution >= 0.6 is 0 Å². The number of carbonyl (C=O) groups excluding carboxylic acids is 1. The van der Waals surface area contributed by atoms with Crippen LogP contribution in [0.25, 0.3) is 5.57 Å². The Balaban J connectivity index is 1.67. The Morgan fingerprint density at radius 3 is 2.78 bits per heavy atom. The van der Waals surface area contributed by atoms with Crippen molar-refractivity contribution < 1.29 is 27.1 Å². The van der Waals surface area contributed by atoms with Gasteiger partial charge in [0.1, 0.15) is 5.83 Å². The Bertz CT molecular complexity index is 1200. The Hall–Kier alpha value is -3.40. The minimum atomic E-state index is -3.72. The average Bonchev–Trinajstić information content (AvgIpc) is 2.81. The fraction of sp³-hybridized carbons (Fsp3) is 0.385. The number of nitrogens with one attached hydrogen (secondary N) is 1. The molecule has 2 heterocycles. The first kappa shape index (κ1) is 25.7. The molecule has 0 unspecified atom stereocenters. The van der Waals surface area contributed by atoms with Gasteiger partial charge in [0.25, 0.3) is 11.8 Å². The van der Waals surface area contributed by atoms with Crippen molar-refractivity contribution in [3.05, 3.63) is 65.5 Å². The molecular weight excluding hydrogens is 476 g/mol. The summed E-state index contributed by atoms with van der Waals surface area (Å²) in [6.45, 7) is 5.03. The number of hydrogen-bond acceptors (Lipinski definition) is 5. The zero-order chi connectivity index (χ0) is 26.0. The molecule has 1 fully saturated rings. The van der Waals surface area contributed by atoms with Gasteiger partial charge >= 0.3 is 0 Å². The van der Waals surface area contributed by atoms with E-state index in [2.05, 4.69) is 17.2 Å². The number of anilines is 2. The quantitative estimate of drug-likeness (QED) is 0.537. The Morgan fingerprint density at radius 1 is 1.28 bits per heavy atom. The summed E-state index contributed by atoms with van der Waals surface area (Å²) in [4.78, 5) is 19.1. The molecule has 1 aromatic heterocycles. The monoisotopic (exact) mass is 504 g/mol. The third kappa shape index (κ3) is 5.09. The summed E-state index contributed by atoms with van der Waals surface area (Å²) in [5.41, 5.74) is 4.65. The molecule has 0 saturated carbocycles. The van der Waals surface area contributed by atoms with Crippen molar-refractivity contribution in [1.82, 2.24) is 4.98 Å². The van der Waals surface area contributed by atoms with Crippen LogP contribution in [0.4, 0.5) is 28.9 Å². The molecule has 36 heavy (non-hydrogen) atoms. The number of nitrogens with zero attached hydrogens (tertiary/aromatic N) is 2. The van der Waals surface area contributed by atoms with Crippen LogP contribution in [-0.2, 0) is 4.79 Å². The third-order valence-electron chi connectivity index (χ3n) is 6.24. The molecule has 1 aromatic carbocycles. The largest absolute Gasteiger partial charge is 0.491 e. The second-order valence-electron chi connectivity index (χ2n) is 9.12. The van der Waals surface area contributed by atoms with E-state index >= 15 is 4.39 Å². The predicted molar refractivity (Wildman–Crippen MR) is 130 cm³/mol. The summed E-state index contributed by atoms with van der Waals surface area (Å²) in [5, 5.41) is 2.59. The van der Waals surface area contributed by atoms with E-state index in [9.17, 15) is 18.0 Å². The zero-order valence-electron chi connectivity index (χ0n) is 20.0. The van der Waals surface area contributed by atoms with E-state index in [0.717, 1.165) is 18.6 Å². The van der Waals surface area contributed by atoms with Crippen LogP contribution in [0.3, 0.4) is 0 Å². The fourth-order valence-electron chi connectivity index (χ4n) is 4.74. The summed E-state index contributed by atoms with van der Waals surface area (Å²) in [6, 6.07) is 5.25. The normalized spacial score (nSPS) is 21.8. The lowest BCUT2D eigenvalue weighted by Gasteiger charge is -2.37. The molecule has 2 atom stereocenters. The van der Waals surface area contributed by atoms with Gasteiger partial charge in [-0.1, -0.05) is 25.1 Å². The molecule has 2 aliphatic rings. The number of amides is 1. The van der Waals surface area contributed by atoms with Gasteiger partial charge < -0.3 is 20.7 Å². The van der Waals surface area contributed by atoms with Crippen LogP contribution in [0.2, 0.25) is 0 Å². The predicted octanol–water partition coefficient (Wildman–Crippen LogP) is 5.08. The molecule has 4 rings (SSSR count). The molecule has 1 aliphatic heterocycles. The standard InChI is InChI=1S/C26H28F4N4O2/c1-3-36-21-6-4-5-17(23(21)27)22-24(28)18(7-9-26(22,29)30)25(35)33-19-12-32-10-8-20(19)34-13-15(2)11-16(31)14-34/h4-8,10,12,15-16H,3,9,11,13-14,31H2,1-2H3,(H,33,35)/t15-,16+/m1/s1. The molecule has 6 nitrogen and oxygen atoms in total. The zero-order valence-corrected chi connectivity index (χ0v) is 20.0. The van der Waals surface area contributed by atoms with E-state index in [0.29, 0.717) is 30.4 Å². The maximum Gasteiger partial charge on any atom is 0.280 e. The number of halogens is 4. The highest BCUT2D eigenvalue weighted by atomic mass is 19.3. The molecule has 192 valence electrons. The number of ether oxygens (including phenoxy) is 1. The summed E-state index contributed by atoms with van der Waals surface area (Å²) in [6.07, 6.45) is 3.69. The molecule has 2 aromatic rings. The van der Waals surface area contributed by atoms with Crippen LogP contribution in [0, 0.1) is 11.7 Å². The van der Waals surface area contributed by atoms with Crippen LogP contribution in [0.1, 0.15) is 32.3 Å². The number of aromatic nitrogens is 1. The molecule has 10 heteroatoms. The summed E-state index contributed by atoms with van der Waals surface area (Å²) in [7, 11) is 0. The summed E-state index contributed by atoms with van der Waals surface area (Å²) in [5.74, 6) is -7.23. The van der Waals surface area contributed by atoms with E-state index in [1.165, 1.54) is 18.3 Å². The highest BCUT2D eigenvalue weighted by Crippen LogP contribution is 2.46. The van der Waals surface area contributed by atoms with Gasteiger partial charge in [-0.2, -0.15) is 0 Å². The van der Waals surface area contributed by atoms with Gasteiger partial charge in [-0.3, -0.25) is 9.78 Å². The van der Waals surface area contributed by atoms with Gasteiger partial charge in [0, 0.05) is 37.3 Å². The van der Waals surface area contributed by atoms with Crippen LogP contribution < -0.4 is 20.7 Å².